The lowest BCUT2D eigenvalue weighted by Gasteiger charge is -2.26. The van der Waals surface area contributed by atoms with Crippen molar-refractivity contribution in [1.29, 1.82) is 0 Å². The molecule has 3 heteroatoms. The van der Waals surface area contributed by atoms with Crippen LogP contribution in [0.5, 0.6) is 0 Å². The third kappa shape index (κ3) is 2.47. The van der Waals surface area contributed by atoms with Gasteiger partial charge in [-0.15, -0.1) is 0 Å². The molecule has 0 aromatic rings. The van der Waals surface area contributed by atoms with E-state index in [1.54, 1.807) is 0 Å². The van der Waals surface area contributed by atoms with Crippen molar-refractivity contribution in [1.82, 2.24) is 4.90 Å². The van der Waals surface area contributed by atoms with Crippen LogP contribution in [0.25, 0.3) is 0 Å². The van der Waals surface area contributed by atoms with Crippen molar-refractivity contribution in [2.24, 2.45) is 5.41 Å². The molecular formula is C11H21NO2. The molecule has 3 nitrogen and oxygen atoms in total. The van der Waals surface area contributed by atoms with E-state index < -0.39 is 0 Å². The van der Waals surface area contributed by atoms with Gasteiger partial charge in [0.15, 0.2) is 0 Å². The van der Waals surface area contributed by atoms with Crippen molar-refractivity contribution < 1.29 is 9.53 Å². The van der Waals surface area contributed by atoms with Crippen LogP contribution in [0.1, 0.15) is 33.1 Å². The summed E-state index contributed by atoms with van der Waals surface area (Å²) in [6, 6.07) is 0. The molecular weight excluding hydrogens is 178 g/mol. The topological polar surface area (TPSA) is 29.5 Å². The minimum Gasteiger partial charge on any atom is -0.468 e. The Bertz CT molecular complexity index is 199. The lowest BCUT2D eigenvalue weighted by atomic mass is 9.82. The molecule has 0 N–H and O–H groups in total. The Kier molecular flexibility index (Phi) is 3.93. The largest absolute Gasteiger partial charge is 0.468 e. The molecule has 0 aromatic carbocycles. The van der Waals surface area contributed by atoms with E-state index >= 15 is 0 Å². The van der Waals surface area contributed by atoms with Gasteiger partial charge in [-0.2, -0.15) is 0 Å². The predicted molar refractivity (Wildman–Crippen MR) is 56.1 cm³/mol. The van der Waals surface area contributed by atoms with E-state index in [4.69, 9.17) is 0 Å². The first-order chi connectivity index (χ1) is 6.65. The molecule has 0 amide bonds. The zero-order valence-electron chi connectivity index (χ0n) is 9.51. The van der Waals surface area contributed by atoms with Crippen molar-refractivity contribution in [3.8, 4) is 0 Å². The Balaban J connectivity index is 2.44. The predicted octanol–water partition coefficient (Wildman–Crippen LogP) is 1.67. The van der Waals surface area contributed by atoms with E-state index in [0.29, 0.717) is 12.0 Å². The monoisotopic (exact) mass is 199 g/mol. The highest BCUT2D eigenvalue weighted by molar-refractivity contribution is 5.71. The zero-order chi connectivity index (χ0) is 10.6. The number of hydrogen-bond donors (Lipinski definition) is 0. The number of carbonyl (C=O) groups excluding carboxylic acids is 1. The molecule has 82 valence electrons. The molecule has 0 atom stereocenters. The van der Waals surface area contributed by atoms with Gasteiger partial charge >= 0.3 is 5.97 Å². The van der Waals surface area contributed by atoms with E-state index in [9.17, 15) is 4.79 Å². The summed E-state index contributed by atoms with van der Waals surface area (Å²) in [4.78, 5) is 13.3. The van der Waals surface area contributed by atoms with Gasteiger partial charge < -0.3 is 4.74 Å². The van der Waals surface area contributed by atoms with Crippen LogP contribution in [-0.4, -0.2) is 37.6 Å². The highest BCUT2D eigenvalue weighted by atomic mass is 16.5. The summed E-state index contributed by atoms with van der Waals surface area (Å²) in [6.45, 7) is 7.03. The van der Waals surface area contributed by atoms with Crippen molar-refractivity contribution in [3.05, 3.63) is 0 Å². The molecule has 0 aliphatic carbocycles. The molecule has 0 bridgehead atoms. The number of esters is 1. The van der Waals surface area contributed by atoms with Gasteiger partial charge in [-0.1, -0.05) is 13.8 Å². The second-order valence-electron chi connectivity index (χ2n) is 4.24. The number of rotatable bonds is 4. The van der Waals surface area contributed by atoms with E-state index in [1.807, 2.05) is 0 Å². The fourth-order valence-corrected chi connectivity index (χ4v) is 2.24. The Morgan fingerprint density at radius 2 is 2.07 bits per heavy atom. The van der Waals surface area contributed by atoms with Crippen molar-refractivity contribution in [2.75, 3.05) is 26.7 Å². The van der Waals surface area contributed by atoms with Crippen LogP contribution in [0, 0.1) is 5.41 Å². The van der Waals surface area contributed by atoms with Gasteiger partial charge in [-0.05, 0) is 31.2 Å². The highest BCUT2D eigenvalue weighted by Gasteiger charge is 2.35. The van der Waals surface area contributed by atoms with Gasteiger partial charge in [0, 0.05) is 6.54 Å². The quantitative estimate of drug-likeness (QED) is 0.645. The first-order valence-corrected chi connectivity index (χ1v) is 5.45. The van der Waals surface area contributed by atoms with E-state index in [0.717, 1.165) is 13.1 Å². The average Bonchev–Trinajstić information content (AvgIpc) is 2.62. The van der Waals surface area contributed by atoms with Crippen molar-refractivity contribution in [3.63, 3.8) is 0 Å². The van der Waals surface area contributed by atoms with Gasteiger partial charge in [0.2, 0.25) is 0 Å². The standard InChI is InChI=1S/C11H21NO2/c1-4-11(5-2)6-7-12(9-11)8-10(13)14-3/h4-9H2,1-3H3. The smallest absolute Gasteiger partial charge is 0.319 e. The number of carbonyl (C=O) groups is 1. The molecule has 0 aromatic heterocycles. The van der Waals surface area contributed by atoms with Crippen molar-refractivity contribution in [2.45, 2.75) is 33.1 Å². The number of hydrogen-bond acceptors (Lipinski definition) is 3. The van der Waals surface area contributed by atoms with Crippen LogP contribution < -0.4 is 0 Å². The Morgan fingerprint density at radius 3 is 2.50 bits per heavy atom. The minimum atomic E-state index is -0.118. The van der Waals surface area contributed by atoms with Gasteiger partial charge in [-0.25, -0.2) is 0 Å². The molecule has 1 aliphatic heterocycles. The summed E-state index contributed by atoms with van der Waals surface area (Å²) >= 11 is 0. The van der Waals surface area contributed by atoms with Gasteiger partial charge in [0.25, 0.3) is 0 Å². The maximum absolute atomic E-state index is 11.1. The van der Waals surface area contributed by atoms with Gasteiger partial charge in [0.1, 0.15) is 0 Å². The summed E-state index contributed by atoms with van der Waals surface area (Å²) < 4.78 is 4.67. The first-order valence-electron chi connectivity index (χ1n) is 5.45. The molecule has 0 unspecified atom stereocenters. The van der Waals surface area contributed by atoms with Crippen LogP contribution in [-0.2, 0) is 9.53 Å². The molecule has 0 radical (unpaired) electrons. The second-order valence-corrected chi connectivity index (χ2v) is 4.24. The zero-order valence-corrected chi connectivity index (χ0v) is 9.51. The molecule has 0 saturated carbocycles. The maximum atomic E-state index is 11.1. The molecule has 1 heterocycles. The Labute approximate surface area is 86.4 Å². The van der Waals surface area contributed by atoms with Crippen LogP contribution in [0.2, 0.25) is 0 Å². The fraction of sp³-hybridized carbons (Fsp3) is 0.909. The van der Waals surface area contributed by atoms with E-state index in [2.05, 4.69) is 23.5 Å². The van der Waals surface area contributed by atoms with Crippen LogP contribution in [0.3, 0.4) is 0 Å². The summed E-state index contributed by atoms with van der Waals surface area (Å²) in [5.74, 6) is -0.118. The normalized spacial score (nSPS) is 21.1. The van der Waals surface area contributed by atoms with E-state index in [1.165, 1.54) is 26.4 Å². The first kappa shape index (κ1) is 11.5. The summed E-state index contributed by atoms with van der Waals surface area (Å²) in [5, 5.41) is 0. The summed E-state index contributed by atoms with van der Waals surface area (Å²) in [6.07, 6.45) is 3.64. The van der Waals surface area contributed by atoms with Crippen LogP contribution in [0.15, 0.2) is 0 Å². The van der Waals surface area contributed by atoms with Gasteiger partial charge in [0.05, 0.1) is 13.7 Å². The van der Waals surface area contributed by atoms with Crippen LogP contribution in [0.4, 0.5) is 0 Å². The second kappa shape index (κ2) is 4.78. The average molecular weight is 199 g/mol. The molecule has 1 aliphatic rings. The molecule has 1 rings (SSSR count). The van der Waals surface area contributed by atoms with Crippen LogP contribution >= 0.6 is 0 Å². The molecule has 1 saturated heterocycles. The number of likely N-dealkylation sites (tertiary alicyclic amines) is 1. The summed E-state index contributed by atoms with van der Waals surface area (Å²) in [7, 11) is 1.45. The minimum absolute atomic E-state index is 0.118. The third-order valence-corrected chi connectivity index (χ3v) is 3.60. The van der Waals surface area contributed by atoms with Crippen molar-refractivity contribution >= 4 is 5.97 Å². The SMILES string of the molecule is CCC1(CC)CCN(CC(=O)OC)C1. The third-order valence-electron chi connectivity index (χ3n) is 3.60. The number of ether oxygens (including phenoxy) is 1. The highest BCUT2D eigenvalue weighted by Crippen LogP contribution is 2.36. The summed E-state index contributed by atoms with van der Waals surface area (Å²) in [5.41, 5.74) is 0.452. The number of nitrogens with zero attached hydrogens (tertiary/aromatic N) is 1. The van der Waals surface area contributed by atoms with Gasteiger partial charge in [-0.3, -0.25) is 9.69 Å². The lowest BCUT2D eigenvalue weighted by Crippen LogP contribution is -2.31. The molecule has 1 fully saturated rings. The maximum Gasteiger partial charge on any atom is 0.319 e. The Hall–Kier alpha value is -0.570. The molecule has 14 heavy (non-hydrogen) atoms. The number of methoxy groups -OCH3 is 1. The molecule has 0 spiro atoms. The van der Waals surface area contributed by atoms with E-state index in [-0.39, 0.29) is 5.97 Å². The lowest BCUT2D eigenvalue weighted by molar-refractivity contribution is -0.141. The Morgan fingerprint density at radius 1 is 1.43 bits per heavy atom. The fourth-order valence-electron chi connectivity index (χ4n) is 2.24.